The molecule has 0 aliphatic rings. The lowest BCUT2D eigenvalue weighted by Crippen LogP contribution is -2.30. The van der Waals surface area contributed by atoms with E-state index < -0.39 is 0 Å². The van der Waals surface area contributed by atoms with Gasteiger partial charge in [0.15, 0.2) is 0 Å². The molecule has 1 aromatic carbocycles. The number of likely N-dealkylation sites (N-methyl/N-ethyl adjacent to an activating group) is 1. The van der Waals surface area contributed by atoms with Crippen molar-refractivity contribution in [1.29, 1.82) is 0 Å². The zero-order valence-corrected chi connectivity index (χ0v) is 11.2. The van der Waals surface area contributed by atoms with Crippen molar-refractivity contribution in [3.63, 3.8) is 0 Å². The van der Waals surface area contributed by atoms with Crippen LogP contribution in [-0.2, 0) is 17.8 Å². The number of carbonyl (C=O) groups excluding carboxylic acids is 1. The van der Waals surface area contributed by atoms with Gasteiger partial charge < -0.3 is 15.2 Å². The molecular weight excluding hydrogens is 240 g/mol. The minimum absolute atomic E-state index is 0.0115. The van der Waals surface area contributed by atoms with Crippen LogP contribution in [0.15, 0.2) is 36.7 Å². The molecule has 1 heterocycles. The van der Waals surface area contributed by atoms with Gasteiger partial charge in [-0.2, -0.15) is 0 Å². The van der Waals surface area contributed by atoms with Gasteiger partial charge in [-0.25, -0.2) is 4.98 Å². The van der Waals surface area contributed by atoms with Crippen molar-refractivity contribution in [2.75, 3.05) is 17.7 Å². The first-order valence-corrected chi connectivity index (χ1v) is 6.24. The van der Waals surface area contributed by atoms with Gasteiger partial charge in [-0.05, 0) is 24.3 Å². The highest BCUT2D eigenvalue weighted by Crippen LogP contribution is 2.15. The fourth-order valence-electron chi connectivity index (χ4n) is 1.89. The minimum Gasteiger partial charge on any atom is -0.399 e. The molecule has 0 unspecified atom stereocenters. The Morgan fingerprint density at radius 2 is 2.05 bits per heavy atom. The molecule has 19 heavy (non-hydrogen) atoms. The van der Waals surface area contributed by atoms with Crippen LogP contribution in [0.4, 0.5) is 11.4 Å². The van der Waals surface area contributed by atoms with Crippen LogP contribution in [0.5, 0.6) is 0 Å². The molecular formula is C14H18N4O. The highest BCUT2D eigenvalue weighted by atomic mass is 16.2. The SMILES string of the molecule is CCc1nccn1CC(=O)N(C)c1ccc(N)cc1. The molecule has 0 spiro atoms. The molecule has 5 nitrogen and oxygen atoms in total. The van der Waals surface area contributed by atoms with Gasteiger partial charge in [0.2, 0.25) is 5.91 Å². The lowest BCUT2D eigenvalue weighted by molar-refractivity contribution is -0.118. The number of anilines is 2. The molecule has 1 aromatic heterocycles. The van der Waals surface area contributed by atoms with E-state index in [0.29, 0.717) is 12.2 Å². The molecule has 0 saturated carbocycles. The molecule has 2 rings (SSSR count). The first kappa shape index (κ1) is 13.1. The van der Waals surface area contributed by atoms with Crippen molar-refractivity contribution in [2.45, 2.75) is 19.9 Å². The number of hydrogen-bond acceptors (Lipinski definition) is 3. The fraction of sp³-hybridized carbons (Fsp3) is 0.286. The second kappa shape index (κ2) is 5.56. The summed E-state index contributed by atoms with van der Waals surface area (Å²) in [5.41, 5.74) is 7.15. The Kier molecular flexibility index (Phi) is 3.85. The first-order chi connectivity index (χ1) is 9.11. The zero-order chi connectivity index (χ0) is 13.8. The van der Waals surface area contributed by atoms with Crippen LogP contribution < -0.4 is 10.6 Å². The minimum atomic E-state index is 0.0115. The normalized spacial score (nSPS) is 10.4. The maximum Gasteiger partial charge on any atom is 0.246 e. The summed E-state index contributed by atoms with van der Waals surface area (Å²) in [5.74, 6) is 0.927. The van der Waals surface area contributed by atoms with Crippen LogP contribution in [0.1, 0.15) is 12.7 Å². The van der Waals surface area contributed by atoms with Gasteiger partial charge in [-0.3, -0.25) is 4.79 Å². The number of hydrogen-bond donors (Lipinski definition) is 1. The standard InChI is InChI=1S/C14H18N4O/c1-3-13-16-8-9-18(13)10-14(19)17(2)12-6-4-11(15)5-7-12/h4-9H,3,10,15H2,1-2H3. The Labute approximate surface area is 112 Å². The molecule has 100 valence electrons. The molecule has 0 fully saturated rings. The monoisotopic (exact) mass is 258 g/mol. The predicted octanol–water partition coefficient (Wildman–Crippen LogP) is 1.69. The molecule has 1 amide bonds. The Morgan fingerprint density at radius 3 is 2.68 bits per heavy atom. The van der Waals surface area contributed by atoms with Crippen LogP contribution >= 0.6 is 0 Å². The van der Waals surface area contributed by atoms with E-state index in [1.807, 2.05) is 29.8 Å². The third kappa shape index (κ3) is 2.93. The average molecular weight is 258 g/mol. The number of aryl methyl sites for hydroxylation is 1. The number of benzene rings is 1. The van der Waals surface area contributed by atoms with E-state index in [1.165, 1.54) is 0 Å². The van der Waals surface area contributed by atoms with E-state index in [4.69, 9.17) is 5.73 Å². The summed E-state index contributed by atoms with van der Waals surface area (Å²) in [6, 6.07) is 7.24. The molecule has 0 atom stereocenters. The molecule has 2 aromatic rings. The second-order valence-electron chi connectivity index (χ2n) is 4.37. The zero-order valence-electron chi connectivity index (χ0n) is 11.2. The van der Waals surface area contributed by atoms with Gasteiger partial charge in [0.1, 0.15) is 12.4 Å². The predicted molar refractivity (Wildman–Crippen MR) is 75.9 cm³/mol. The number of nitrogens with zero attached hydrogens (tertiary/aromatic N) is 3. The topological polar surface area (TPSA) is 64.2 Å². The lowest BCUT2D eigenvalue weighted by Gasteiger charge is -2.18. The van der Waals surface area contributed by atoms with E-state index >= 15 is 0 Å². The van der Waals surface area contributed by atoms with E-state index in [9.17, 15) is 4.79 Å². The molecule has 0 aliphatic carbocycles. The van der Waals surface area contributed by atoms with E-state index in [-0.39, 0.29) is 5.91 Å². The van der Waals surface area contributed by atoms with Crippen molar-refractivity contribution in [1.82, 2.24) is 9.55 Å². The average Bonchev–Trinajstić information content (AvgIpc) is 2.86. The summed E-state index contributed by atoms with van der Waals surface area (Å²) in [5, 5.41) is 0. The van der Waals surface area contributed by atoms with Crippen LogP contribution in [0.3, 0.4) is 0 Å². The molecule has 0 saturated heterocycles. The third-order valence-corrected chi connectivity index (χ3v) is 3.08. The summed E-state index contributed by atoms with van der Waals surface area (Å²) >= 11 is 0. The van der Waals surface area contributed by atoms with Gasteiger partial charge >= 0.3 is 0 Å². The summed E-state index contributed by atoms with van der Waals surface area (Å²) in [6.07, 6.45) is 4.36. The number of aromatic nitrogens is 2. The van der Waals surface area contributed by atoms with Crippen molar-refractivity contribution in [3.8, 4) is 0 Å². The number of amides is 1. The van der Waals surface area contributed by atoms with Crippen molar-refractivity contribution in [2.24, 2.45) is 0 Å². The van der Waals surface area contributed by atoms with Crippen LogP contribution in [-0.4, -0.2) is 22.5 Å². The molecule has 0 aliphatic heterocycles. The largest absolute Gasteiger partial charge is 0.399 e. The Morgan fingerprint density at radius 1 is 1.37 bits per heavy atom. The highest BCUT2D eigenvalue weighted by Gasteiger charge is 2.12. The second-order valence-corrected chi connectivity index (χ2v) is 4.37. The van der Waals surface area contributed by atoms with Gasteiger partial charge in [0, 0.05) is 37.2 Å². The lowest BCUT2D eigenvalue weighted by atomic mass is 10.2. The fourth-order valence-corrected chi connectivity index (χ4v) is 1.89. The molecule has 2 N–H and O–H groups in total. The maximum absolute atomic E-state index is 12.2. The van der Waals surface area contributed by atoms with Crippen LogP contribution in [0, 0.1) is 0 Å². The molecule has 0 bridgehead atoms. The Hall–Kier alpha value is -2.30. The Bertz CT molecular complexity index is 559. The van der Waals surface area contributed by atoms with Gasteiger partial charge in [-0.1, -0.05) is 6.92 Å². The quantitative estimate of drug-likeness (QED) is 0.849. The van der Waals surface area contributed by atoms with Crippen LogP contribution in [0.25, 0.3) is 0 Å². The number of rotatable bonds is 4. The maximum atomic E-state index is 12.2. The van der Waals surface area contributed by atoms with Gasteiger partial charge in [-0.15, -0.1) is 0 Å². The van der Waals surface area contributed by atoms with Crippen molar-refractivity contribution in [3.05, 3.63) is 42.5 Å². The number of nitrogen functional groups attached to an aromatic ring is 1. The molecule has 0 radical (unpaired) electrons. The summed E-state index contributed by atoms with van der Waals surface area (Å²) in [6.45, 7) is 2.32. The van der Waals surface area contributed by atoms with E-state index in [1.54, 1.807) is 30.3 Å². The first-order valence-electron chi connectivity index (χ1n) is 6.24. The Balaban J connectivity index is 2.09. The summed E-state index contributed by atoms with van der Waals surface area (Å²) in [4.78, 5) is 18.0. The van der Waals surface area contributed by atoms with Gasteiger partial charge in [0.25, 0.3) is 0 Å². The van der Waals surface area contributed by atoms with Crippen molar-refractivity contribution >= 4 is 17.3 Å². The number of nitrogens with two attached hydrogens (primary N) is 1. The number of carbonyl (C=O) groups is 1. The number of imidazole rings is 1. The summed E-state index contributed by atoms with van der Waals surface area (Å²) < 4.78 is 1.87. The van der Waals surface area contributed by atoms with Gasteiger partial charge in [0.05, 0.1) is 0 Å². The summed E-state index contributed by atoms with van der Waals surface area (Å²) in [7, 11) is 1.76. The highest BCUT2D eigenvalue weighted by molar-refractivity contribution is 5.92. The van der Waals surface area contributed by atoms with E-state index in [2.05, 4.69) is 4.98 Å². The smallest absolute Gasteiger partial charge is 0.246 e. The van der Waals surface area contributed by atoms with Crippen molar-refractivity contribution < 1.29 is 4.79 Å². The van der Waals surface area contributed by atoms with E-state index in [0.717, 1.165) is 17.9 Å². The van der Waals surface area contributed by atoms with Crippen LogP contribution in [0.2, 0.25) is 0 Å². The molecule has 5 heteroatoms. The third-order valence-electron chi connectivity index (χ3n) is 3.08.